The Labute approximate surface area is 445 Å². The van der Waals surface area contributed by atoms with E-state index >= 15 is 0 Å². The second kappa shape index (κ2) is 39.8. The summed E-state index contributed by atoms with van der Waals surface area (Å²) >= 11 is 0. The molecule has 0 aromatic heterocycles. The summed E-state index contributed by atoms with van der Waals surface area (Å²) in [6.07, 6.45) is 33.0. The number of rotatable bonds is 42. The molecule has 0 fully saturated rings. The molecule has 15 heteroatoms. The zero-order valence-electron chi connectivity index (χ0n) is 42.1. The van der Waals surface area contributed by atoms with Crippen LogP contribution in [0.3, 0.4) is 0 Å². The summed E-state index contributed by atoms with van der Waals surface area (Å²) in [5.74, 6) is 0.245. The van der Waals surface area contributed by atoms with Crippen LogP contribution in [-0.4, -0.2) is 59.2 Å². The number of hydrogen-bond acceptors (Lipinski definition) is 11. The molecule has 0 saturated heterocycles. The van der Waals surface area contributed by atoms with Gasteiger partial charge in [0.25, 0.3) is 0 Å². The molecule has 0 aliphatic carbocycles. The van der Waals surface area contributed by atoms with Crippen LogP contribution in [0.2, 0.25) is 0 Å². The summed E-state index contributed by atoms with van der Waals surface area (Å²) in [6.45, 7) is 5.35. The van der Waals surface area contributed by atoms with Crippen molar-refractivity contribution in [3.05, 3.63) is 47.5 Å². The molecule has 0 radical (unpaired) electrons. The quantitative estimate of drug-likeness (QED) is 0.0364. The van der Waals surface area contributed by atoms with Crippen LogP contribution in [0.1, 0.15) is 228 Å². The molecule has 0 aliphatic rings. The van der Waals surface area contributed by atoms with Crippen molar-refractivity contribution in [2.45, 2.75) is 217 Å². The van der Waals surface area contributed by atoms with Gasteiger partial charge in [-0.05, 0) is 48.2 Å². The van der Waals surface area contributed by atoms with Gasteiger partial charge in [0, 0.05) is 12.8 Å². The standard InChI is InChI=1S/C51H86O11S2.2Na/c1-5-7-9-11-13-15-17-19-21-23-25-27-29-31-37-61-46-35-33-43(39-48(46)59-3)50(63(53,54)55)41-45(52)42-51(64(56,57)58)44-34-36-47(49(40-44)60-4)62-38-32-30-28-26-24-22-20-18-16-14-12-10-8-6-2;;/h33-36,39-40,50-51H,5-32,37-38,41-42H2,1-4H3,(H,53,54,55)(H,56,57,58);;/q;2*+1/p-2. The minimum Gasteiger partial charge on any atom is -0.747 e. The number of ether oxygens (including phenoxy) is 4. The van der Waals surface area contributed by atoms with Crippen LogP contribution in [0.4, 0.5) is 0 Å². The van der Waals surface area contributed by atoms with E-state index in [2.05, 4.69) is 13.8 Å². The minimum atomic E-state index is -5.10. The summed E-state index contributed by atoms with van der Waals surface area (Å²) < 4.78 is 97.8. The maximum absolute atomic E-state index is 13.4. The maximum atomic E-state index is 13.4. The third kappa shape index (κ3) is 29.3. The number of ketones is 1. The summed E-state index contributed by atoms with van der Waals surface area (Å²) in [5, 5.41) is -3.69. The van der Waals surface area contributed by atoms with E-state index in [0.717, 1.165) is 38.5 Å². The molecule has 2 atom stereocenters. The first kappa shape index (κ1) is 65.1. The SMILES string of the molecule is CCCCCCCCCCCCCCCCOc1ccc(C(CC(=O)CC(c2ccc(OCCCCCCCCCCCCCCCC)c(OC)c2)S(=O)(=O)[O-])S(=O)(=O)[O-])cc1OC.[Na+].[Na+]. The van der Waals surface area contributed by atoms with Crippen molar-refractivity contribution in [1.29, 1.82) is 0 Å². The zero-order valence-corrected chi connectivity index (χ0v) is 47.7. The van der Waals surface area contributed by atoms with E-state index in [1.54, 1.807) is 0 Å². The van der Waals surface area contributed by atoms with E-state index in [1.807, 2.05) is 0 Å². The molecular formula is C51H84Na2O11S2. The molecule has 0 amide bonds. The second-order valence-electron chi connectivity index (χ2n) is 17.6. The first-order valence-corrected chi connectivity index (χ1v) is 27.8. The van der Waals surface area contributed by atoms with Crippen LogP contribution in [0, 0.1) is 0 Å². The normalized spacial score (nSPS) is 12.5. The molecule has 0 N–H and O–H groups in total. The average Bonchev–Trinajstić information content (AvgIpc) is 3.26. The van der Waals surface area contributed by atoms with Gasteiger partial charge in [-0.2, -0.15) is 0 Å². The van der Waals surface area contributed by atoms with E-state index in [-0.39, 0.29) is 81.7 Å². The smallest absolute Gasteiger partial charge is 0.747 e. The number of benzene rings is 2. The predicted octanol–water partition coefficient (Wildman–Crippen LogP) is 7.65. The Kier molecular flexibility index (Phi) is 39.3. The van der Waals surface area contributed by atoms with Crippen molar-refractivity contribution in [2.24, 2.45) is 0 Å². The first-order valence-electron chi connectivity index (χ1n) is 24.9. The fourth-order valence-corrected chi connectivity index (χ4v) is 9.97. The molecule has 368 valence electrons. The summed E-state index contributed by atoms with van der Waals surface area (Å²) in [7, 11) is -7.43. The van der Waals surface area contributed by atoms with Gasteiger partial charge in [0.05, 0.1) is 37.9 Å². The van der Waals surface area contributed by atoms with Crippen molar-refractivity contribution >= 4 is 26.0 Å². The molecule has 66 heavy (non-hydrogen) atoms. The molecule has 11 nitrogen and oxygen atoms in total. The van der Waals surface area contributed by atoms with Crippen LogP contribution < -0.4 is 78.1 Å². The molecule has 0 saturated carbocycles. The Morgan fingerprint density at radius 3 is 0.939 bits per heavy atom. The van der Waals surface area contributed by atoms with Gasteiger partial charge in [-0.3, -0.25) is 4.79 Å². The van der Waals surface area contributed by atoms with Crippen molar-refractivity contribution in [3.8, 4) is 23.0 Å². The van der Waals surface area contributed by atoms with Crippen molar-refractivity contribution in [3.63, 3.8) is 0 Å². The van der Waals surface area contributed by atoms with Crippen LogP contribution in [-0.2, 0) is 25.0 Å². The summed E-state index contributed by atoms with van der Waals surface area (Å²) in [5.41, 5.74) is -0.0138. The van der Waals surface area contributed by atoms with E-state index in [4.69, 9.17) is 18.9 Å². The Morgan fingerprint density at radius 2 is 0.697 bits per heavy atom. The number of methoxy groups -OCH3 is 2. The number of unbranched alkanes of at least 4 members (excludes halogenated alkanes) is 26. The largest absolute Gasteiger partial charge is 1.00 e. The molecule has 2 aromatic carbocycles. The molecule has 2 aromatic rings. The molecule has 0 bridgehead atoms. The monoisotopic (exact) mass is 983 g/mol. The second-order valence-corrected chi connectivity index (χ2v) is 20.7. The number of Topliss-reactive ketones (excluding diaryl/α,β-unsaturated/α-hetero) is 1. The topological polar surface area (TPSA) is 168 Å². The van der Waals surface area contributed by atoms with Gasteiger partial charge in [0.2, 0.25) is 0 Å². The Morgan fingerprint density at radius 1 is 0.439 bits per heavy atom. The molecule has 0 aliphatic heterocycles. The molecule has 2 rings (SSSR count). The van der Waals surface area contributed by atoms with Crippen LogP contribution >= 0.6 is 0 Å². The van der Waals surface area contributed by atoms with Crippen LogP contribution in [0.15, 0.2) is 36.4 Å². The predicted molar refractivity (Wildman–Crippen MR) is 257 cm³/mol. The van der Waals surface area contributed by atoms with E-state index in [1.165, 1.54) is 192 Å². The molecule has 2 unspecified atom stereocenters. The fraction of sp³-hybridized carbons (Fsp3) is 0.745. The van der Waals surface area contributed by atoms with E-state index in [0.29, 0.717) is 24.7 Å². The molecule has 0 spiro atoms. The number of carbonyl (C=O) groups is 1. The van der Waals surface area contributed by atoms with Gasteiger partial charge in [-0.25, -0.2) is 16.8 Å². The third-order valence-electron chi connectivity index (χ3n) is 12.2. The minimum absolute atomic E-state index is 0. The van der Waals surface area contributed by atoms with Crippen molar-refractivity contribution < 1.29 is 109 Å². The van der Waals surface area contributed by atoms with E-state index in [9.17, 15) is 30.7 Å². The van der Waals surface area contributed by atoms with Gasteiger partial charge in [-0.15, -0.1) is 0 Å². The Bertz CT molecular complexity index is 1630. The first-order chi connectivity index (χ1) is 30.8. The van der Waals surface area contributed by atoms with Crippen molar-refractivity contribution in [2.75, 3.05) is 27.4 Å². The molecule has 0 heterocycles. The third-order valence-corrected chi connectivity index (χ3v) is 14.4. The van der Waals surface area contributed by atoms with Gasteiger partial charge in [-0.1, -0.05) is 193 Å². The van der Waals surface area contributed by atoms with E-state index < -0.39 is 49.4 Å². The Hall–Kier alpha value is -0.870. The van der Waals surface area contributed by atoms with Gasteiger partial charge in [0.1, 0.15) is 26.0 Å². The van der Waals surface area contributed by atoms with Crippen LogP contribution in [0.5, 0.6) is 23.0 Å². The fourth-order valence-electron chi connectivity index (χ4n) is 8.23. The zero-order chi connectivity index (χ0) is 46.9. The average molecular weight is 983 g/mol. The van der Waals surface area contributed by atoms with Gasteiger partial charge in [0.15, 0.2) is 23.0 Å². The van der Waals surface area contributed by atoms with Crippen molar-refractivity contribution in [1.82, 2.24) is 0 Å². The summed E-state index contributed by atoms with van der Waals surface area (Å²) in [4.78, 5) is 13.4. The van der Waals surface area contributed by atoms with Crippen LogP contribution in [0.25, 0.3) is 0 Å². The Balaban J connectivity index is 0.0000211. The number of hydrogen-bond donors (Lipinski definition) is 0. The molecular weight excluding hydrogens is 899 g/mol. The van der Waals surface area contributed by atoms with Gasteiger partial charge >= 0.3 is 59.1 Å². The number of carbonyl (C=O) groups excluding carboxylic acids is 1. The maximum Gasteiger partial charge on any atom is 1.00 e. The summed E-state index contributed by atoms with van der Waals surface area (Å²) in [6, 6.07) is 8.47. The van der Waals surface area contributed by atoms with Gasteiger partial charge < -0.3 is 28.1 Å².